The number of nitrogens with zero attached hydrogens (tertiary/aromatic N) is 4. The van der Waals surface area contributed by atoms with Crippen LogP contribution in [0.25, 0.3) is 0 Å². The van der Waals surface area contributed by atoms with Crippen LogP contribution in [0, 0.1) is 5.92 Å². The fourth-order valence-corrected chi connectivity index (χ4v) is 4.23. The Labute approximate surface area is 212 Å². The van der Waals surface area contributed by atoms with Crippen molar-refractivity contribution in [1.82, 2.24) is 25.3 Å². The summed E-state index contributed by atoms with van der Waals surface area (Å²) in [4.78, 5) is 11.8. The Bertz CT molecular complexity index is 676. The minimum absolute atomic E-state index is 0. The minimum atomic E-state index is 0. The van der Waals surface area contributed by atoms with E-state index >= 15 is 0 Å². The lowest BCUT2D eigenvalue weighted by Crippen LogP contribution is -2.50. The smallest absolute Gasteiger partial charge is 0.191 e. The van der Waals surface area contributed by atoms with Gasteiger partial charge in [0, 0.05) is 72.5 Å². The number of guanidine groups is 1. The highest BCUT2D eigenvalue weighted by Gasteiger charge is 2.21. The summed E-state index contributed by atoms with van der Waals surface area (Å²) in [6, 6.07) is 8.95. The molecular formula is C24H43IN6O. The lowest BCUT2D eigenvalue weighted by Gasteiger charge is -2.34. The van der Waals surface area contributed by atoms with Crippen LogP contribution in [0.1, 0.15) is 25.0 Å². The third-order valence-corrected chi connectivity index (χ3v) is 6.05. The number of halogens is 1. The first kappa shape index (κ1) is 27.3. The quantitative estimate of drug-likeness (QED) is 0.290. The predicted molar refractivity (Wildman–Crippen MR) is 144 cm³/mol. The van der Waals surface area contributed by atoms with Crippen LogP contribution in [0.3, 0.4) is 0 Å². The van der Waals surface area contributed by atoms with Gasteiger partial charge < -0.3 is 20.3 Å². The molecular weight excluding hydrogens is 515 g/mol. The number of hydrogen-bond donors (Lipinski definition) is 2. The summed E-state index contributed by atoms with van der Waals surface area (Å²) in [5, 5.41) is 6.86. The summed E-state index contributed by atoms with van der Waals surface area (Å²) in [6.07, 6.45) is 0.208. The monoisotopic (exact) mass is 558 g/mol. The maximum Gasteiger partial charge on any atom is 0.191 e. The van der Waals surface area contributed by atoms with Crippen LogP contribution in [0.2, 0.25) is 0 Å². The lowest BCUT2D eigenvalue weighted by atomic mass is 10.1. The molecule has 2 N–H and O–H groups in total. The molecule has 2 fully saturated rings. The first-order valence-corrected chi connectivity index (χ1v) is 11.8. The van der Waals surface area contributed by atoms with Gasteiger partial charge in [0.2, 0.25) is 0 Å². The zero-order valence-electron chi connectivity index (χ0n) is 20.3. The standard InChI is InChI=1S/C24H42N6O.HI/c1-20(2)17-30-13-14-31-23(19-30)16-27-24(25-3)26-15-21-5-7-22(8-6-21)18-29-11-9-28(4)10-12-29;/h5-8,20,23H,9-19H2,1-4H3,(H2,25,26,27);1H. The molecule has 1 unspecified atom stereocenters. The van der Waals surface area contributed by atoms with Gasteiger partial charge in [0.1, 0.15) is 0 Å². The molecule has 2 heterocycles. The van der Waals surface area contributed by atoms with Crippen molar-refractivity contribution in [3.05, 3.63) is 35.4 Å². The first-order chi connectivity index (χ1) is 15.0. The molecule has 182 valence electrons. The zero-order valence-corrected chi connectivity index (χ0v) is 22.7. The molecule has 3 rings (SSSR count). The summed E-state index contributed by atoms with van der Waals surface area (Å²) in [6.45, 7) is 15.7. The molecule has 32 heavy (non-hydrogen) atoms. The van der Waals surface area contributed by atoms with E-state index in [0.717, 1.165) is 78.0 Å². The number of nitrogens with one attached hydrogen (secondary N) is 2. The Morgan fingerprint density at radius 2 is 1.72 bits per heavy atom. The van der Waals surface area contributed by atoms with Gasteiger partial charge >= 0.3 is 0 Å². The van der Waals surface area contributed by atoms with Crippen molar-refractivity contribution in [2.75, 3.05) is 73.1 Å². The van der Waals surface area contributed by atoms with Crippen LogP contribution in [0.4, 0.5) is 0 Å². The first-order valence-electron chi connectivity index (χ1n) is 11.8. The number of piperazine rings is 1. The molecule has 2 aliphatic rings. The number of hydrogen-bond acceptors (Lipinski definition) is 5. The molecule has 8 heteroatoms. The van der Waals surface area contributed by atoms with Gasteiger partial charge in [-0.1, -0.05) is 38.1 Å². The third-order valence-electron chi connectivity index (χ3n) is 6.05. The van der Waals surface area contributed by atoms with Gasteiger partial charge in [-0.25, -0.2) is 0 Å². The molecule has 0 bridgehead atoms. The summed E-state index contributed by atoms with van der Waals surface area (Å²) < 4.78 is 5.94. The third kappa shape index (κ3) is 9.51. The highest BCUT2D eigenvalue weighted by atomic mass is 127. The summed E-state index contributed by atoms with van der Waals surface area (Å²) in [7, 11) is 4.02. The Hall–Kier alpha value is -0.940. The van der Waals surface area contributed by atoms with Gasteiger partial charge in [0.15, 0.2) is 5.96 Å². The molecule has 2 saturated heterocycles. The van der Waals surface area contributed by atoms with Crippen LogP contribution < -0.4 is 10.6 Å². The number of likely N-dealkylation sites (N-methyl/N-ethyl adjacent to an activating group) is 1. The Balaban J connectivity index is 0.00000363. The second-order valence-corrected chi connectivity index (χ2v) is 9.35. The largest absolute Gasteiger partial charge is 0.374 e. The molecule has 0 aromatic heterocycles. The fraction of sp³-hybridized carbons (Fsp3) is 0.708. The number of benzene rings is 1. The van der Waals surface area contributed by atoms with E-state index in [0.29, 0.717) is 5.92 Å². The molecule has 0 amide bonds. The number of ether oxygens (including phenoxy) is 1. The van der Waals surface area contributed by atoms with Gasteiger partial charge in [-0.15, -0.1) is 24.0 Å². The van der Waals surface area contributed by atoms with E-state index in [1.165, 1.54) is 11.1 Å². The molecule has 0 radical (unpaired) electrons. The SMILES string of the molecule is CN=C(NCc1ccc(CN2CCN(C)CC2)cc1)NCC1CN(CC(C)C)CCO1.I. The molecule has 1 atom stereocenters. The Morgan fingerprint density at radius 3 is 2.38 bits per heavy atom. The van der Waals surface area contributed by atoms with Crippen LogP contribution in [-0.4, -0.2) is 99.8 Å². The van der Waals surface area contributed by atoms with Crippen LogP contribution in [0.15, 0.2) is 29.3 Å². The van der Waals surface area contributed by atoms with Crippen molar-refractivity contribution in [3.63, 3.8) is 0 Å². The van der Waals surface area contributed by atoms with Gasteiger partial charge in [-0.05, 0) is 24.1 Å². The Morgan fingerprint density at radius 1 is 1.03 bits per heavy atom. The van der Waals surface area contributed by atoms with Crippen molar-refractivity contribution >= 4 is 29.9 Å². The summed E-state index contributed by atoms with van der Waals surface area (Å²) >= 11 is 0. The molecule has 2 aliphatic heterocycles. The average molecular weight is 559 g/mol. The van der Waals surface area contributed by atoms with E-state index in [4.69, 9.17) is 4.74 Å². The maximum absolute atomic E-state index is 5.94. The average Bonchev–Trinajstić information content (AvgIpc) is 2.76. The number of rotatable bonds is 8. The van der Waals surface area contributed by atoms with Gasteiger partial charge in [-0.3, -0.25) is 14.8 Å². The van der Waals surface area contributed by atoms with Crippen molar-refractivity contribution in [3.8, 4) is 0 Å². The van der Waals surface area contributed by atoms with E-state index in [1.54, 1.807) is 0 Å². The van der Waals surface area contributed by atoms with E-state index in [1.807, 2.05) is 7.05 Å². The predicted octanol–water partition coefficient (Wildman–Crippen LogP) is 2.07. The van der Waals surface area contributed by atoms with Gasteiger partial charge in [0.25, 0.3) is 0 Å². The molecule has 0 spiro atoms. The van der Waals surface area contributed by atoms with Crippen LogP contribution in [-0.2, 0) is 17.8 Å². The highest BCUT2D eigenvalue weighted by Crippen LogP contribution is 2.10. The van der Waals surface area contributed by atoms with Gasteiger partial charge in [0.05, 0.1) is 12.7 Å². The molecule has 0 aliphatic carbocycles. The van der Waals surface area contributed by atoms with Crippen LogP contribution >= 0.6 is 24.0 Å². The van der Waals surface area contributed by atoms with Crippen molar-refractivity contribution < 1.29 is 4.74 Å². The van der Waals surface area contributed by atoms with Crippen molar-refractivity contribution in [2.24, 2.45) is 10.9 Å². The zero-order chi connectivity index (χ0) is 22.1. The van der Waals surface area contributed by atoms with E-state index < -0.39 is 0 Å². The van der Waals surface area contributed by atoms with Crippen molar-refractivity contribution in [2.45, 2.75) is 33.0 Å². The Kier molecular flexibility index (Phi) is 12.2. The summed E-state index contributed by atoms with van der Waals surface area (Å²) in [5.74, 6) is 1.51. The van der Waals surface area contributed by atoms with E-state index in [9.17, 15) is 0 Å². The van der Waals surface area contributed by atoms with E-state index in [-0.39, 0.29) is 30.1 Å². The normalized spacial score (nSPS) is 21.4. The maximum atomic E-state index is 5.94. The molecule has 7 nitrogen and oxygen atoms in total. The lowest BCUT2D eigenvalue weighted by molar-refractivity contribution is -0.0284. The molecule has 1 aromatic carbocycles. The highest BCUT2D eigenvalue weighted by molar-refractivity contribution is 14.0. The minimum Gasteiger partial charge on any atom is -0.374 e. The fourth-order valence-electron chi connectivity index (χ4n) is 4.23. The number of morpholine rings is 1. The molecule has 1 aromatic rings. The topological polar surface area (TPSA) is 55.4 Å². The second-order valence-electron chi connectivity index (χ2n) is 9.35. The summed E-state index contributed by atoms with van der Waals surface area (Å²) in [5.41, 5.74) is 2.65. The second kappa shape index (κ2) is 14.3. The van der Waals surface area contributed by atoms with Gasteiger partial charge in [-0.2, -0.15) is 0 Å². The van der Waals surface area contributed by atoms with Crippen LogP contribution in [0.5, 0.6) is 0 Å². The van der Waals surface area contributed by atoms with Crippen molar-refractivity contribution in [1.29, 1.82) is 0 Å². The molecule has 0 saturated carbocycles. The number of aliphatic imine (C=N–C) groups is 1. The van der Waals surface area contributed by atoms with E-state index in [2.05, 4.69) is 75.5 Å².